The Bertz CT molecular complexity index is 1190. The van der Waals surface area contributed by atoms with Crippen LogP contribution in [0.5, 0.6) is 5.75 Å². The number of nitrogens with zero attached hydrogens (tertiary/aromatic N) is 1. The second-order valence-corrected chi connectivity index (χ2v) is 14.5. The number of hydrogen-bond acceptors (Lipinski definition) is 4. The van der Waals surface area contributed by atoms with E-state index in [1.54, 1.807) is 36.3 Å². The highest BCUT2D eigenvalue weighted by Gasteiger charge is 2.43. The molecule has 1 aliphatic carbocycles. The molecule has 1 atom stereocenters. The molecule has 9 heteroatoms. The molecule has 1 heterocycles. The number of rotatable bonds is 7. The van der Waals surface area contributed by atoms with Crippen molar-refractivity contribution >= 4 is 33.5 Å². The first kappa shape index (κ1) is 26.0. The molecule has 0 radical (unpaired) electrons. The first-order chi connectivity index (χ1) is 17.0. The normalized spacial score (nSPS) is 21.7. The average molecular weight is 517 g/mol. The molecule has 1 fully saturated rings. The summed E-state index contributed by atoms with van der Waals surface area (Å²) in [7, 11) is 0.302. The van der Waals surface area contributed by atoms with Crippen LogP contribution in [0.4, 0.5) is 10.1 Å². The van der Waals surface area contributed by atoms with E-state index >= 15 is 0 Å². The van der Waals surface area contributed by atoms with Crippen molar-refractivity contribution in [3.63, 3.8) is 0 Å². The number of carboxylic acid groups (broad SMARTS) is 1. The second-order valence-electron chi connectivity index (χ2n) is 10.4. The number of aliphatic carboxylic acids is 1. The van der Waals surface area contributed by atoms with Crippen molar-refractivity contribution in [2.45, 2.75) is 36.6 Å². The third kappa shape index (κ3) is 5.36. The van der Waals surface area contributed by atoms with E-state index in [9.17, 15) is 18.8 Å². The zero-order valence-corrected chi connectivity index (χ0v) is 21.9. The molecule has 0 bridgehead atoms. The van der Waals surface area contributed by atoms with Crippen molar-refractivity contribution in [1.29, 1.82) is 0 Å². The summed E-state index contributed by atoms with van der Waals surface area (Å²) in [5.41, 5.74) is 1.97. The number of carboxylic acids is 1. The Morgan fingerprint density at radius 1 is 1.14 bits per heavy atom. The Balaban J connectivity index is 1.60. The molecule has 194 valence electrons. The number of methoxy groups -OCH3 is 1. The van der Waals surface area contributed by atoms with E-state index in [-0.39, 0.29) is 30.0 Å². The van der Waals surface area contributed by atoms with Gasteiger partial charge in [0.15, 0.2) is 0 Å². The number of anilines is 1. The highest BCUT2D eigenvalue weighted by molar-refractivity contribution is 8.32. The highest BCUT2D eigenvalue weighted by atomic mass is 32.3. The van der Waals surface area contributed by atoms with Crippen LogP contribution < -0.4 is 10.1 Å². The van der Waals surface area contributed by atoms with Crippen LogP contribution in [0.25, 0.3) is 0 Å². The Kier molecular flexibility index (Phi) is 7.31. The second kappa shape index (κ2) is 10.1. The fraction of sp³-hybridized carbons (Fsp3) is 0.444. The van der Waals surface area contributed by atoms with Crippen molar-refractivity contribution < 1.29 is 28.6 Å². The third-order valence-corrected chi connectivity index (χ3v) is 8.67. The van der Waals surface area contributed by atoms with Crippen LogP contribution in [-0.4, -0.2) is 60.2 Å². The molecular weight excluding hydrogens is 483 g/mol. The Morgan fingerprint density at radius 2 is 1.86 bits per heavy atom. The maximum atomic E-state index is 14.8. The number of hydrogen-bond donors (Lipinski definition) is 2. The summed E-state index contributed by atoms with van der Waals surface area (Å²) in [6.45, 7) is 0.359. The molecule has 2 amide bonds. The number of amides is 2. The summed E-state index contributed by atoms with van der Waals surface area (Å²) >= 11 is 0. The molecule has 2 N–H and O–H groups in total. The summed E-state index contributed by atoms with van der Waals surface area (Å²) in [6.07, 6.45) is 7.64. The fourth-order valence-electron chi connectivity index (χ4n) is 5.12. The highest BCUT2D eigenvalue weighted by Crippen LogP contribution is 2.47. The van der Waals surface area contributed by atoms with Gasteiger partial charge in [-0.1, -0.05) is 6.07 Å². The van der Waals surface area contributed by atoms with E-state index in [0.717, 1.165) is 5.56 Å². The summed E-state index contributed by atoms with van der Waals surface area (Å²) in [5.74, 6) is -1.42. The molecule has 1 saturated carbocycles. The van der Waals surface area contributed by atoms with Crippen LogP contribution in [0.15, 0.2) is 41.3 Å². The van der Waals surface area contributed by atoms with E-state index in [1.807, 2.05) is 24.8 Å². The summed E-state index contributed by atoms with van der Waals surface area (Å²) < 4.78 is 20.1. The lowest BCUT2D eigenvalue weighted by molar-refractivity contribution is -0.149. The molecule has 1 aliphatic heterocycles. The Hall–Kier alpha value is -3.07. The van der Waals surface area contributed by atoms with Gasteiger partial charge in [0, 0.05) is 29.5 Å². The van der Waals surface area contributed by atoms with Crippen molar-refractivity contribution in [3.8, 4) is 5.75 Å². The number of carbonyl (C=O) groups excluding carboxylic acids is 2. The molecule has 2 aromatic carbocycles. The zero-order valence-electron chi connectivity index (χ0n) is 21.0. The summed E-state index contributed by atoms with van der Waals surface area (Å²) in [6, 6.07) is 9.31. The first-order valence-electron chi connectivity index (χ1n) is 12.0. The van der Waals surface area contributed by atoms with Crippen molar-refractivity contribution in [1.82, 2.24) is 4.90 Å². The smallest absolute Gasteiger partial charge is 0.303 e. The standard InChI is InChI=1S/C27H33FN2O5S/c1-35-20-6-7-21-17(14-20)9-10-30(27(34)18-11-16(12-18)13-24(31)32)25(21)26(33)29-19-5-8-23(22(28)15-19)36(2,3)4/h5-8,14-16,18,25H,9-13H2,1-4H3,(H,29,33)(H,31,32)/t16-,18+,25-/m1/s1. The van der Waals surface area contributed by atoms with Gasteiger partial charge in [0.25, 0.3) is 5.91 Å². The lowest BCUT2D eigenvalue weighted by Gasteiger charge is -2.42. The maximum Gasteiger partial charge on any atom is 0.303 e. The minimum atomic E-state index is -1.27. The molecule has 0 unspecified atom stereocenters. The van der Waals surface area contributed by atoms with Crippen LogP contribution in [0.3, 0.4) is 0 Å². The topological polar surface area (TPSA) is 95.9 Å². The maximum absolute atomic E-state index is 14.8. The molecule has 7 nitrogen and oxygen atoms in total. The lowest BCUT2D eigenvalue weighted by Crippen LogP contribution is -2.50. The van der Waals surface area contributed by atoms with Crippen LogP contribution in [0.1, 0.15) is 36.4 Å². The molecule has 0 spiro atoms. The average Bonchev–Trinajstić information content (AvgIpc) is 2.78. The van der Waals surface area contributed by atoms with Gasteiger partial charge < -0.3 is 20.1 Å². The molecule has 0 aromatic heterocycles. The predicted molar refractivity (Wildman–Crippen MR) is 138 cm³/mol. The van der Waals surface area contributed by atoms with Gasteiger partial charge in [0.1, 0.15) is 17.6 Å². The van der Waals surface area contributed by atoms with Crippen LogP contribution in [-0.2, 0) is 20.8 Å². The third-order valence-electron chi connectivity index (χ3n) is 7.02. The van der Waals surface area contributed by atoms with Crippen molar-refractivity contribution in [3.05, 3.63) is 53.3 Å². The number of ether oxygens (including phenoxy) is 1. The number of halogens is 1. The Morgan fingerprint density at radius 3 is 2.47 bits per heavy atom. The molecular formula is C27H33FN2O5S. The fourth-order valence-corrected chi connectivity index (χ4v) is 6.24. The van der Waals surface area contributed by atoms with Gasteiger partial charge in [-0.05, 0) is 85.4 Å². The largest absolute Gasteiger partial charge is 0.497 e. The summed E-state index contributed by atoms with van der Waals surface area (Å²) in [4.78, 5) is 40.3. The minimum absolute atomic E-state index is 0.0171. The van der Waals surface area contributed by atoms with Gasteiger partial charge in [-0.3, -0.25) is 14.4 Å². The van der Waals surface area contributed by atoms with Crippen molar-refractivity contribution in [2.24, 2.45) is 11.8 Å². The minimum Gasteiger partial charge on any atom is -0.497 e. The van der Waals surface area contributed by atoms with Gasteiger partial charge >= 0.3 is 5.97 Å². The zero-order chi connectivity index (χ0) is 26.2. The molecule has 2 aliphatic rings. The first-order valence-corrected chi connectivity index (χ1v) is 14.8. The van der Waals surface area contributed by atoms with Gasteiger partial charge in [-0.15, -0.1) is 0 Å². The van der Waals surface area contributed by atoms with Crippen LogP contribution >= 0.6 is 10.0 Å². The van der Waals surface area contributed by atoms with E-state index in [4.69, 9.17) is 9.84 Å². The number of benzene rings is 2. The van der Waals surface area contributed by atoms with E-state index in [1.165, 1.54) is 6.07 Å². The van der Waals surface area contributed by atoms with E-state index in [0.29, 0.717) is 47.7 Å². The van der Waals surface area contributed by atoms with Gasteiger partial charge in [-0.2, -0.15) is 0 Å². The quantitative estimate of drug-likeness (QED) is 0.567. The number of carbonyl (C=O) groups is 3. The summed E-state index contributed by atoms with van der Waals surface area (Å²) in [5, 5.41) is 11.8. The van der Waals surface area contributed by atoms with Crippen LogP contribution in [0, 0.1) is 17.7 Å². The van der Waals surface area contributed by atoms with Gasteiger partial charge in [-0.25, -0.2) is 14.4 Å². The molecule has 2 aromatic rings. The molecule has 4 rings (SSSR count). The predicted octanol–water partition coefficient (Wildman–Crippen LogP) is 4.45. The number of fused-ring (bicyclic) bond motifs is 1. The van der Waals surface area contributed by atoms with Gasteiger partial charge in [0.05, 0.1) is 7.11 Å². The van der Waals surface area contributed by atoms with Gasteiger partial charge in [0.2, 0.25) is 5.91 Å². The van der Waals surface area contributed by atoms with Crippen molar-refractivity contribution in [2.75, 3.05) is 37.7 Å². The molecule has 0 saturated heterocycles. The van der Waals surface area contributed by atoms with E-state index < -0.39 is 27.9 Å². The molecule has 36 heavy (non-hydrogen) atoms. The van der Waals surface area contributed by atoms with E-state index in [2.05, 4.69) is 5.32 Å². The monoisotopic (exact) mass is 516 g/mol. The lowest BCUT2D eigenvalue weighted by atomic mass is 9.72. The number of nitrogens with one attached hydrogen (secondary N) is 1. The SMILES string of the molecule is COc1ccc2c(c1)CCN(C(=O)[C@H]1C[C@@H](CC(=O)O)C1)[C@H]2C(=O)Nc1ccc(S(C)(C)C)c(F)c1. The van der Waals surface area contributed by atoms with Crippen LogP contribution in [0.2, 0.25) is 0 Å². The Labute approximate surface area is 212 Å².